The predicted molar refractivity (Wildman–Crippen MR) is 70.5 cm³/mol. The molecular weight excluding hydrogens is 337 g/mol. The van der Waals surface area contributed by atoms with Crippen LogP contribution in [0.2, 0.25) is 9.38 Å². The number of nitrogens with two attached hydrogens (primary N) is 1. The summed E-state index contributed by atoms with van der Waals surface area (Å²) in [5.74, 6) is 0. The van der Waals surface area contributed by atoms with E-state index in [1.807, 2.05) is 0 Å². The van der Waals surface area contributed by atoms with Gasteiger partial charge in [0.2, 0.25) is 10.5 Å². The number of hydrogen-bond acceptors (Lipinski definition) is 5. The van der Waals surface area contributed by atoms with Gasteiger partial charge in [0.15, 0.2) is 0 Å². The molecule has 0 aromatic carbocycles. The molecule has 3 nitrogen and oxygen atoms in total. The molecule has 0 aromatic rings. The number of rotatable bonds is 5. The molecule has 0 bridgehead atoms. The monoisotopic (exact) mass is 355 g/mol. The van der Waals surface area contributed by atoms with E-state index in [4.69, 9.17) is 15.3 Å². The molecule has 2 radical (unpaired) electrons. The minimum atomic E-state index is 0.107. The molecule has 0 saturated heterocycles. The third-order valence-electron chi connectivity index (χ3n) is 1.34. The molecule has 1 atom stereocenters. The van der Waals surface area contributed by atoms with Gasteiger partial charge in [-0.15, -0.1) is 0 Å². The van der Waals surface area contributed by atoms with Crippen LogP contribution in [0, 0.1) is 0 Å². The van der Waals surface area contributed by atoms with Crippen molar-refractivity contribution in [1.82, 2.24) is 0 Å². The molecule has 1 unspecified atom stereocenters. The van der Waals surface area contributed by atoms with Gasteiger partial charge in [0.25, 0.3) is 0 Å². The van der Waals surface area contributed by atoms with Crippen molar-refractivity contribution < 1.29 is 9.59 Å². The molecule has 2 N–H and O–H groups in total. The van der Waals surface area contributed by atoms with Crippen molar-refractivity contribution in [3.63, 3.8) is 0 Å². The van der Waals surface area contributed by atoms with Crippen molar-refractivity contribution in [3.05, 3.63) is 0 Å². The first kappa shape index (κ1) is 20.7. The Balaban J connectivity index is -0.000000200. The van der Waals surface area contributed by atoms with E-state index in [1.165, 1.54) is 23.7 Å². The topological polar surface area (TPSA) is 60.2 Å². The Morgan fingerprint density at radius 1 is 1.27 bits per heavy atom. The van der Waals surface area contributed by atoms with E-state index in [1.54, 1.807) is 0 Å². The van der Waals surface area contributed by atoms with E-state index < -0.39 is 0 Å². The Kier molecular flexibility index (Phi) is 33.0. The first-order chi connectivity index (χ1) is 7.10. The quantitative estimate of drug-likeness (QED) is 0.466. The molecule has 0 aromatic heterocycles. The summed E-state index contributed by atoms with van der Waals surface area (Å²) >= 11 is 7.28. The van der Waals surface area contributed by atoms with Gasteiger partial charge in [0.1, 0.15) is 0 Å². The second kappa shape index (κ2) is 23.9. The van der Waals surface area contributed by atoms with Gasteiger partial charge in [-0.3, -0.25) is 0 Å². The van der Waals surface area contributed by atoms with Crippen LogP contribution >= 0.6 is 24.4 Å². The summed E-state index contributed by atoms with van der Waals surface area (Å²) in [6.45, 7) is 2.09. The Morgan fingerprint density at radius 2 is 1.67 bits per heavy atom. The van der Waals surface area contributed by atoms with Crippen molar-refractivity contribution in [3.8, 4) is 0 Å². The van der Waals surface area contributed by atoms with Crippen LogP contribution in [0.25, 0.3) is 0 Å². The van der Waals surface area contributed by atoms with Crippen LogP contribution in [-0.2, 0) is 9.59 Å². The van der Waals surface area contributed by atoms with Crippen molar-refractivity contribution in [2.24, 2.45) is 5.73 Å². The molecule has 15 heavy (non-hydrogen) atoms. The molecular formula is C9H17NO2S2Sn. The van der Waals surface area contributed by atoms with Crippen molar-refractivity contribution in [1.29, 1.82) is 0 Å². The van der Waals surface area contributed by atoms with Crippen molar-refractivity contribution in [2.45, 2.75) is 41.6 Å². The van der Waals surface area contributed by atoms with E-state index in [0.29, 0.717) is 6.04 Å². The molecule has 0 rings (SSSR count). The number of carbonyl (C=O) groups excluding carboxylic acids is 2. The summed E-state index contributed by atoms with van der Waals surface area (Å²) in [6.07, 6.45) is 4.01. The van der Waals surface area contributed by atoms with Gasteiger partial charge in [-0.2, -0.15) is 0 Å². The fourth-order valence-electron chi connectivity index (χ4n) is 0.768. The average Bonchev–Trinajstić information content (AvgIpc) is 2.15. The molecule has 0 aliphatic carbocycles. The molecule has 0 aliphatic heterocycles. The van der Waals surface area contributed by atoms with Crippen LogP contribution in [-0.4, -0.2) is 37.6 Å². The summed E-state index contributed by atoms with van der Waals surface area (Å²) < 4.78 is 1.54. The molecule has 0 heterocycles. The van der Waals surface area contributed by atoms with Gasteiger partial charge < -0.3 is 0 Å². The molecule has 0 fully saturated rings. The van der Waals surface area contributed by atoms with Crippen LogP contribution in [0.3, 0.4) is 0 Å². The van der Waals surface area contributed by atoms with Crippen LogP contribution in [0.5, 0.6) is 0 Å². The Bertz CT molecular complexity index is 165. The van der Waals surface area contributed by atoms with Gasteiger partial charge in [0.05, 0.1) is 0 Å². The molecule has 0 spiro atoms. The van der Waals surface area contributed by atoms with E-state index >= 15 is 0 Å². The predicted octanol–water partition coefficient (Wildman–Crippen LogP) is 2.18. The van der Waals surface area contributed by atoms with Crippen molar-refractivity contribution >= 4 is 56.0 Å². The van der Waals surface area contributed by atoms with Gasteiger partial charge in [-0.25, -0.2) is 9.59 Å². The maximum absolute atomic E-state index is 8.50. The zero-order valence-electron chi connectivity index (χ0n) is 9.12. The fourth-order valence-corrected chi connectivity index (χ4v) is 2.49. The van der Waals surface area contributed by atoms with Crippen LogP contribution in [0.15, 0.2) is 0 Å². The number of thiocarbonyl (C=S) groups is 2. The fraction of sp³-hybridized carbons (Fsp3) is 0.778. The van der Waals surface area contributed by atoms with Gasteiger partial charge in [-0.1, -0.05) is 0 Å². The van der Waals surface area contributed by atoms with E-state index in [2.05, 4.69) is 36.3 Å². The minimum absolute atomic E-state index is 0.107. The first-order valence-corrected chi connectivity index (χ1v) is 10.2. The van der Waals surface area contributed by atoms with E-state index in [0.717, 1.165) is 10.5 Å². The molecule has 86 valence electrons. The van der Waals surface area contributed by atoms with Crippen LogP contribution in [0.1, 0.15) is 26.2 Å². The molecule has 0 aliphatic rings. The summed E-state index contributed by atoms with van der Waals surface area (Å²) in [5.41, 5.74) is 5.59. The Morgan fingerprint density at radius 3 is 1.93 bits per heavy atom. The zero-order chi connectivity index (χ0) is 12.5. The van der Waals surface area contributed by atoms with Crippen LogP contribution in [0.4, 0.5) is 0 Å². The number of hydrogen-bond donors (Lipinski definition) is 1. The third kappa shape index (κ3) is 54.2. The van der Waals surface area contributed by atoms with Gasteiger partial charge in [0, 0.05) is 24.4 Å². The van der Waals surface area contributed by atoms with Crippen LogP contribution < -0.4 is 5.73 Å². The third-order valence-corrected chi connectivity index (χ3v) is 3.77. The SMILES string of the molecule is O=C=S.O=C=S.[CH3][Sn][CH2]CCCC(C)N. The molecule has 6 heteroatoms. The van der Waals surface area contributed by atoms with E-state index in [9.17, 15) is 0 Å². The summed E-state index contributed by atoms with van der Waals surface area (Å²) in [5, 5.41) is 2.17. The summed E-state index contributed by atoms with van der Waals surface area (Å²) in [4.78, 5) is 19.4. The second-order valence-electron chi connectivity index (χ2n) is 2.74. The first-order valence-electron chi connectivity index (χ1n) is 4.49. The van der Waals surface area contributed by atoms with Crippen molar-refractivity contribution in [2.75, 3.05) is 0 Å². The summed E-state index contributed by atoms with van der Waals surface area (Å²) in [6, 6.07) is 0.423. The zero-order valence-corrected chi connectivity index (χ0v) is 13.6. The van der Waals surface area contributed by atoms with Gasteiger partial charge >= 0.3 is 68.5 Å². The summed E-state index contributed by atoms with van der Waals surface area (Å²) in [7, 11) is 0. The number of unbranched alkanes of at least 4 members (excludes halogenated alkanes) is 1. The second-order valence-corrected chi connectivity index (χ2v) is 6.52. The molecule has 0 amide bonds. The Hall–Kier alpha value is 0.359. The maximum atomic E-state index is 8.50. The standard InChI is InChI=1S/C6H14N.2COS.CH3.Sn/c1-3-4-5-6(2)7;2*2-1-3;;/h6H,1,3-5,7H2,2H3;;;1H3;. The van der Waals surface area contributed by atoms with Gasteiger partial charge in [-0.05, 0) is 0 Å². The van der Waals surface area contributed by atoms with E-state index in [-0.39, 0.29) is 21.1 Å². The average molecular weight is 354 g/mol. The normalized spacial score (nSPS) is 9.27. The molecule has 0 saturated carbocycles. The Labute approximate surface area is 112 Å².